The lowest BCUT2D eigenvalue weighted by atomic mass is 9.97. The van der Waals surface area contributed by atoms with E-state index >= 15 is 0 Å². The molecule has 2 aromatic carbocycles. The molecule has 0 aromatic heterocycles. The minimum Gasteiger partial charge on any atom is -0.497 e. The van der Waals surface area contributed by atoms with Crippen LogP contribution in [0.1, 0.15) is 36.4 Å². The number of aliphatic hydroxyl groups excluding tert-OH is 1. The molecular formula is C26H36N2O4Si. The average molecular weight is 469 g/mol. The van der Waals surface area contributed by atoms with Gasteiger partial charge in [0.25, 0.3) is 0 Å². The highest BCUT2D eigenvalue weighted by Crippen LogP contribution is 2.22. The Kier molecular flexibility index (Phi) is 8.32. The van der Waals surface area contributed by atoms with Crippen LogP contribution in [0.3, 0.4) is 0 Å². The molecule has 1 aliphatic rings. The van der Waals surface area contributed by atoms with E-state index in [1.165, 1.54) is 5.19 Å². The normalized spacial score (nSPS) is 17.4. The van der Waals surface area contributed by atoms with Gasteiger partial charge in [-0.3, -0.25) is 4.79 Å². The number of nitrogens with one attached hydrogen (secondary N) is 1. The molecule has 1 saturated heterocycles. The summed E-state index contributed by atoms with van der Waals surface area (Å²) in [7, 11) is 0.181. The number of hydrogen-bond acceptors (Lipinski definition) is 4. The Hall–Kier alpha value is -2.64. The molecule has 0 radical (unpaired) electrons. The summed E-state index contributed by atoms with van der Waals surface area (Å²) in [6, 6.07) is 14.2. The monoisotopic (exact) mass is 468 g/mol. The summed E-state index contributed by atoms with van der Waals surface area (Å²) >= 11 is 0. The summed E-state index contributed by atoms with van der Waals surface area (Å²) in [6.45, 7) is 7.39. The molecule has 178 valence electrons. The highest BCUT2D eigenvalue weighted by Gasteiger charge is 2.30. The number of aliphatic hydroxyl groups is 1. The van der Waals surface area contributed by atoms with E-state index in [1.54, 1.807) is 24.1 Å². The topological polar surface area (TPSA) is 78.9 Å². The van der Waals surface area contributed by atoms with Gasteiger partial charge in [-0.25, -0.2) is 4.79 Å². The van der Waals surface area contributed by atoms with E-state index < -0.39 is 14.1 Å². The quantitative estimate of drug-likeness (QED) is 0.580. The Labute approximate surface area is 198 Å². The van der Waals surface area contributed by atoms with Gasteiger partial charge in [0.15, 0.2) is 5.78 Å². The van der Waals surface area contributed by atoms with Crippen molar-refractivity contribution >= 4 is 25.1 Å². The van der Waals surface area contributed by atoms with Crippen molar-refractivity contribution in [2.45, 2.75) is 57.4 Å². The van der Waals surface area contributed by atoms with Crippen LogP contribution in [-0.4, -0.2) is 56.2 Å². The van der Waals surface area contributed by atoms with E-state index in [0.29, 0.717) is 17.9 Å². The van der Waals surface area contributed by atoms with Crippen molar-refractivity contribution in [2.24, 2.45) is 0 Å². The summed E-state index contributed by atoms with van der Waals surface area (Å²) in [5, 5.41) is 14.0. The van der Waals surface area contributed by atoms with E-state index in [1.807, 2.05) is 24.3 Å². The molecule has 0 aliphatic carbocycles. The third-order valence-electron chi connectivity index (χ3n) is 6.34. The Morgan fingerprint density at radius 1 is 1.09 bits per heavy atom. The number of Topliss-reactive ketones (excluding diaryl/α,β-unsaturated/α-hetero) is 1. The summed E-state index contributed by atoms with van der Waals surface area (Å²) in [5.74, 6) is 0.612. The van der Waals surface area contributed by atoms with Crippen LogP contribution >= 0.6 is 0 Å². The second-order valence-corrected chi connectivity index (χ2v) is 14.8. The first kappa shape index (κ1) is 25.0. The highest BCUT2D eigenvalue weighted by molar-refractivity contribution is 6.88. The van der Waals surface area contributed by atoms with Crippen LogP contribution in [-0.2, 0) is 11.2 Å². The van der Waals surface area contributed by atoms with Crippen molar-refractivity contribution in [1.82, 2.24) is 10.2 Å². The molecule has 7 heteroatoms. The molecule has 2 N–H and O–H groups in total. The van der Waals surface area contributed by atoms with Gasteiger partial charge in [-0.15, -0.1) is 0 Å². The fraction of sp³-hybridized carbons (Fsp3) is 0.462. The fourth-order valence-electron chi connectivity index (χ4n) is 4.24. The molecule has 3 rings (SSSR count). The van der Waals surface area contributed by atoms with Crippen LogP contribution in [0.4, 0.5) is 4.79 Å². The predicted molar refractivity (Wildman–Crippen MR) is 134 cm³/mol. The van der Waals surface area contributed by atoms with Gasteiger partial charge in [0, 0.05) is 13.0 Å². The molecule has 2 unspecified atom stereocenters. The summed E-state index contributed by atoms with van der Waals surface area (Å²) in [4.78, 5) is 28.2. The van der Waals surface area contributed by atoms with Crippen molar-refractivity contribution in [3.05, 3.63) is 59.7 Å². The minimum atomic E-state index is -1.41. The van der Waals surface area contributed by atoms with Crippen LogP contribution in [0.15, 0.2) is 48.5 Å². The zero-order valence-corrected chi connectivity index (χ0v) is 21.1. The van der Waals surface area contributed by atoms with Gasteiger partial charge in [-0.1, -0.05) is 61.2 Å². The van der Waals surface area contributed by atoms with Crippen LogP contribution in [0, 0.1) is 0 Å². The van der Waals surface area contributed by atoms with Crippen LogP contribution in [0.25, 0.3) is 0 Å². The molecule has 1 fully saturated rings. The molecular weight excluding hydrogens is 432 g/mol. The van der Waals surface area contributed by atoms with Gasteiger partial charge in [0.1, 0.15) is 11.8 Å². The maximum atomic E-state index is 13.4. The van der Waals surface area contributed by atoms with E-state index in [9.17, 15) is 14.7 Å². The first-order valence-corrected chi connectivity index (χ1v) is 15.2. The molecule has 2 atom stereocenters. The Morgan fingerprint density at radius 2 is 1.76 bits per heavy atom. The van der Waals surface area contributed by atoms with Crippen molar-refractivity contribution in [3.8, 4) is 5.75 Å². The van der Waals surface area contributed by atoms with Gasteiger partial charge in [-0.2, -0.15) is 0 Å². The van der Waals surface area contributed by atoms with Gasteiger partial charge in [-0.05, 0) is 42.5 Å². The second kappa shape index (κ2) is 11.0. The number of ether oxygens (including phenoxy) is 1. The Bertz CT molecular complexity index is 938. The Balaban J connectivity index is 1.81. The van der Waals surface area contributed by atoms with Crippen LogP contribution in [0.5, 0.6) is 5.75 Å². The maximum absolute atomic E-state index is 13.4. The van der Waals surface area contributed by atoms with E-state index in [4.69, 9.17) is 4.74 Å². The smallest absolute Gasteiger partial charge is 0.318 e. The lowest BCUT2D eigenvalue weighted by molar-refractivity contribution is -0.120. The zero-order chi connectivity index (χ0) is 24.0. The fourth-order valence-corrected chi connectivity index (χ4v) is 5.40. The summed E-state index contributed by atoms with van der Waals surface area (Å²) in [6.07, 6.45) is 2.89. The van der Waals surface area contributed by atoms with E-state index in [2.05, 4.69) is 37.1 Å². The molecule has 0 saturated carbocycles. The number of amides is 2. The first-order valence-electron chi connectivity index (χ1n) is 11.7. The molecule has 1 heterocycles. The second-order valence-electron chi connectivity index (χ2n) is 9.77. The number of carbonyl (C=O) groups is 2. The largest absolute Gasteiger partial charge is 0.497 e. The molecule has 33 heavy (non-hydrogen) atoms. The molecule has 0 spiro atoms. The lowest BCUT2D eigenvalue weighted by Crippen LogP contribution is -2.51. The standard InChI is InChI=1S/C26H36N2O4Si/c1-32-22-12-10-20(11-13-22)25(27-26(31)28-16-6-5-7-21(28)18-29)24(30)17-19-8-14-23(15-9-19)33(2,3)4/h8-15,21,25,29H,5-7,16-18H2,1-4H3,(H,27,31). The third kappa shape index (κ3) is 6.45. The van der Waals surface area contributed by atoms with Gasteiger partial charge >= 0.3 is 6.03 Å². The average Bonchev–Trinajstić information content (AvgIpc) is 2.82. The summed E-state index contributed by atoms with van der Waals surface area (Å²) in [5.41, 5.74) is 1.64. The van der Waals surface area contributed by atoms with Crippen molar-refractivity contribution in [2.75, 3.05) is 20.3 Å². The molecule has 1 aliphatic heterocycles. The number of methoxy groups -OCH3 is 1. The first-order chi connectivity index (χ1) is 15.7. The van der Waals surface area contributed by atoms with Gasteiger partial charge in [0.2, 0.25) is 0 Å². The third-order valence-corrected chi connectivity index (χ3v) is 8.40. The number of ketones is 1. The zero-order valence-electron chi connectivity index (χ0n) is 20.1. The number of rotatable bonds is 8. The lowest BCUT2D eigenvalue weighted by Gasteiger charge is -2.35. The van der Waals surface area contributed by atoms with Crippen molar-refractivity contribution in [1.29, 1.82) is 0 Å². The number of benzene rings is 2. The van der Waals surface area contributed by atoms with E-state index in [-0.39, 0.29) is 30.9 Å². The van der Waals surface area contributed by atoms with Crippen LogP contribution < -0.4 is 15.2 Å². The summed E-state index contributed by atoms with van der Waals surface area (Å²) < 4.78 is 5.24. The molecule has 6 nitrogen and oxygen atoms in total. The minimum absolute atomic E-state index is 0.0714. The van der Waals surface area contributed by atoms with Crippen molar-refractivity contribution < 1.29 is 19.4 Å². The predicted octanol–water partition coefficient (Wildman–Crippen LogP) is 3.65. The van der Waals surface area contributed by atoms with Gasteiger partial charge < -0.3 is 20.1 Å². The maximum Gasteiger partial charge on any atom is 0.318 e. The molecule has 0 bridgehead atoms. The molecule has 2 amide bonds. The molecule has 2 aromatic rings. The van der Waals surface area contributed by atoms with Crippen LogP contribution in [0.2, 0.25) is 19.6 Å². The number of piperidine rings is 1. The number of urea groups is 1. The van der Waals surface area contributed by atoms with Gasteiger partial charge in [0.05, 0.1) is 27.8 Å². The SMILES string of the molecule is COc1ccc(C(NC(=O)N2CCCCC2CO)C(=O)Cc2ccc([Si](C)(C)C)cc2)cc1. The van der Waals surface area contributed by atoms with E-state index in [0.717, 1.165) is 24.8 Å². The number of carbonyl (C=O) groups excluding carboxylic acids is 2. The Morgan fingerprint density at radius 3 is 2.33 bits per heavy atom. The highest BCUT2D eigenvalue weighted by atomic mass is 28.3. The number of nitrogens with zero attached hydrogens (tertiary/aromatic N) is 1. The van der Waals surface area contributed by atoms with Crippen molar-refractivity contribution in [3.63, 3.8) is 0 Å². The number of likely N-dealkylation sites (tertiary alicyclic amines) is 1. The number of hydrogen-bond donors (Lipinski definition) is 2.